The lowest BCUT2D eigenvalue weighted by Crippen LogP contribution is -2.33. The average molecular weight is 211 g/mol. The molecule has 1 rings (SSSR count). The van der Waals surface area contributed by atoms with Crippen LogP contribution in [0.25, 0.3) is 0 Å². The molecule has 1 aliphatic rings. The first-order valence-corrected chi connectivity index (χ1v) is 6.37. The van der Waals surface area contributed by atoms with Gasteiger partial charge in [0.25, 0.3) is 0 Å². The number of hydrogen-bond donors (Lipinski definition) is 1. The number of carbonyl (C=O) groups is 1. The Kier molecular flexibility index (Phi) is 4.62. The van der Waals surface area contributed by atoms with Crippen molar-refractivity contribution in [2.75, 3.05) is 0 Å². The minimum absolute atomic E-state index is 0.262. The molecule has 1 amide bonds. The Bertz CT molecular complexity index is 209. The van der Waals surface area contributed by atoms with E-state index in [4.69, 9.17) is 0 Å². The molecule has 1 fully saturated rings. The van der Waals surface area contributed by atoms with Crippen LogP contribution in [0.5, 0.6) is 0 Å². The van der Waals surface area contributed by atoms with Gasteiger partial charge in [-0.15, -0.1) is 0 Å². The van der Waals surface area contributed by atoms with Crippen molar-refractivity contribution in [3.8, 4) is 0 Å². The molecule has 1 aliphatic heterocycles. The van der Waals surface area contributed by atoms with Crippen LogP contribution in [0.1, 0.15) is 53.4 Å². The first kappa shape index (κ1) is 12.5. The Morgan fingerprint density at radius 2 is 1.93 bits per heavy atom. The number of hydrogen-bond acceptors (Lipinski definition) is 1. The monoisotopic (exact) mass is 211 g/mol. The summed E-state index contributed by atoms with van der Waals surface area (Å²) in [6.45, 7) is 8.94. The number of amides is 1. The fraction of sp³-hybridized carbons (Fsp3) is 0.923. The minimum atomic E-state index is 0.262. The Balaban J connectivity index is 2.63. The van der Waals surface area contributed by atoms with Gasteiger partial charge >= 0.3 is 0 Å². The van der Waals surface area contributed by atoms with Crippen LogP contribution in [-0.4, -0.2) is 11.9 Å². The molecule has 0 aromatic heterocycles. The van der Waals surface area contributed by atoms with Crippen molar-refractivity contribution in [1.29, 1.82) is 0 Å². The van der Waals surface area contributed by atoms with Crippen LogP contribution in [0, 0.1) is 17.8 Å². The zero-order valence-corrected chi connectivity index (χ0v) is 10.5. The summed E-state index contributed by atoms with van der Waals surface area (Å²) < 4.78 is 0. The van der Waals surface area contributed by atoms with Crippen LogP contribution in [0.2, 0.25) is 0 Å². The third-order valence-corrected chi connectivity index (χ3v) is 3.66. The maximum atomic E-state index is 11.5. The highest BCUT2D eigenvalue weighted by atomic mass is 16.2. The van der Waals surface area contributed by atoms with E-state index >= 15 is 0 Å². The lowest BCUT2D eigenvalue weighted by atomic mass is 9.80. The lowest BCUT2D eigenvalue weighted by Gasteiger charge is -2.27. The van der Waals surface area contributed by atoms with E-state index in [2.05, 4.69) is 33.0 Å². The van der Waals surface area contributed by atoms with Crippen LogP contribution >= 0.6 is 0 Å². The molecule has 0 aromatic carbocycles. The second-order valence-electron chi connectivity index (χ2n) is 5.25. The molecule has 2 unspecified atom stereocenters. The Labute approximate surface area is 93.8 Å². The first-order valence-electron chi connectivity index (χ1n) is 6.37. The summed E-state index contributed by atoms with van der Waals surface area (Å²) in [5.41, 5.74) is 0. The second kappa shape index (κ2) is 5.53. The van der Waals surface area contributed by atoms with Crippen molar-refractivity contribution in [2.45, 2.75) is 59.4 Å². The zero-order chi connectivity index (χ0) is 11.4. The molecular formula is C13H25NO. The molecule has 0 bridgehead atoms. The van der Waals surface area contributed by atoms with Crippen LogP contribution in [0.4, 0.5) is 0 Å². The molecule has 0 saturated carbocycles. The van der Waals surface area contributed by atoms with Crippen molar-refractivity contribution in [3.63, 3.8) is 0 Å². The summed E-state index contributed by atoms with van der Waals surface area (Å²) in [6, 6.07) is 0.433. The van der Waals surface area contributed by atoms with E-state index in [0.717, 1.165) is 12.8 Å². The molecule has 0 aliphatic carbocycles. The van der Waals surface area contributed by atoms with Gasteiger partial charge in [-0.25, -0.2) is 0 Å². The molecular weight excluding hydrogens is 186 g/mol. The van der Waals surface area contributed by atoms with Gasteiger partial charge in [-0.3, -0.25) is 4.79 Å². The summed E-state index contributed by atoms with van der Waals surface area (Å²) in [6.07, 6.45) is 4.28. The van der Waals surface area contributed by atoms with Gasteiger partial charge < -0.3 is 5.32 Å². The van der Waals surface area contributed by atoms with Gasteiger partial charge in [0.15, 0.2) is 0 Å². The smallest absolute Gasteiger partial charge is 0.220 e. The first-order chi connectivity index (χ1) is 7.08. The van der Waals surface area contributed by atoms with Gasteiger partial charge in [0.05, 0.1) is 0 Å². The Morgan fingerprint density at radius 1 is 1.33 bits per heavy atom. The van der Waals surface area contributed by atoms with Crippen LogP contribution in [0.3, 0.4) is 0 Å². The van der Waals surface area contributed by atoms with Gasteiger partial charge in [0, 0.05) is 12.5 Å². The third kappa shape index (κ3) is 3.22. The van der Waals surface area contributed by atoms with Crippen LogP contribution in [0.15, 0.2) is 0 Å². The van der Waals surface area contributed by atoms with E-state index in [1.54, 1.807) is 0 Å². The van der Waals surface area contributed by atoms with Gasteiger partial charge in [-0.2, -0.15) is 0 Å². The Morgan fingerprint density at radius 3 is 2.40 bits per heavy atom. The van der Waals surface area contributed by atoms with Gasteiger partial charge in [0.2, 0.25) is 5.91 Å². The highest BCUT2D eigenvalue weighted by molar-refractivity contribution is 5.79. The van der Waals surface area contributed by atoms with E-state index in [-0.39, 0.29) is 5.91 Å². The Hall–Kier alpha value is -0.530. The summed E-state index contributed by atoms with van der Waals surface area (Å²) in [5, 5.41) is 3.15. The van der Waals surface area contributed by atoms with Crippen molar-refractivity contribution in [1.82, 2.24) is 5.32 Å². The number of carbonyl (C=O) groups excluding carboxylic acids is 1. The summed E-state index contributed by atoms with van der Waals surface area (Å²) >= 11 is 0. The van der Waals surface area contributed by atoms with Crippen molar-refractivity contribution >= 4 is 5.91 Å². The maximum Gasteiger partial charge on any atom is 0.220 e. The van der Waals surface area contributed by atoms with Crippen LogP contribution in [-0.2, 0) is 4.79 Å². The molecule has 1 saturated heterocycles. The molecule has 2 heteroatoms. The largest absolute Gasteiger partial charge is 0.353 e. The summed E-state index contributed by atoms with van der Waals surface area (Å²) in [5.74, 6) is 2.23. The predicted molar refractivity (Wildman–Crippen MR) is 63.6 cm³/mol. The second-order valence-corrected chi connectivity index (χ2v) is 5.25. The zero-order valence-electron chi connectivity index (χ0n) is 10.5. The van der Waals surface area contributed by atoms with E-state index in [1.165, 1.54) is 12.8 Å². The van der Waals surface area contributed by atoms with E-state index in [9.17, 15) is 4.79 Å². The SMILES string of the molecule is CCC(CC)C1CC(=O)NC1CC(C)C. The highest BCUT2D eigenvalue weighted by Crippen LogP contribution is 2.32. The minimum Gasteiger partial charge on any atom is -0.353 e. The fourth-order valence-electron chi connectivity index (χ4n) is 2.86. The average Bonchev–Trinajstić information content (AvgIpc) is 2.48. The van der Waals surface area contributed by atoms with E-state index < -0.39 is 0 Å². The standard InChI is InChI=1S/C13H25NO/c1-5-10(6-2)11-8-13(15)14-12(11)7-9(3)4/h9-12H,5-8H2,1-4H3,(H,14,15). The molecule has 88 valence electrons. The number of nitrogens with one attached hydrogen (secondary N) is 1. The van der Waals surface area contributed by atoms with Crippen LogP contribution < -0.4 is 5.32 Å². The molecule has 1 N–H and O–H groups in total. The number of rotatable bonds is 5. The van der Waals surface area contributed by atoms with Crippen molar-refractivity contribution in [2.24, 2.45) is 17.8 Å². The quantitative estimate of drug-likeness (QED) is 0.744. The van der Waals surface area contributed by atoms with Gasteiger partial charge in [-0.1, -0.05) is 40.5 Å². The molecule has 1 heterocycles. The third-order valence-electron chi connectivity index (χ3n) is 3.66. The van der Waals surface area contributed by atoms with Crippen molar-refractivity contribution in [3.05, 3.63) is 0 Å². The van der Waals surface area contributed by atoms with Crippen molar-refractivity contribution < 1.29 is 4.79 Å². The lowest BCUT2D eigenvalue weighted by molar-refractivity contribution is -0.119. The predicted octanol–water partition coefficient (Wildman–Crippen LogP) is 2.97. The molecule has 2 nitrogen and oxygen atoms in total. The topological polar surface area (TPSA) is 29.1 Å². The molecule has 0 radical (unpaired) electrons. The van der Waals surface area contributed by atoms with E-state index in [0.29, 0.717) is 23.8 Å². The molecule has 0 spiro atoms. The summed E-state index contributed by atoms with van der Waals surface area (Å²) in [4.78, 5) is 11.5. The van der Waals surface area contributed by atoms with Gasteiger partial charge in [-0.05, 0) is 24.2 Å². The highest BCUT2D eigenvalue weighted by Gasteiger charge is 2.36. The molecule has 2 atom stereocenters. The maximum absolute atomic E-state index is 11.5. The summed E-state index contributed by atoms with van der Waals surface area (Å²) in [7, 11) is 0. The van der Waals surface area contributed by atoms with E-state index in [1.807, 2.05) is 0 Å². The molecule has 0 aromatic rings. The molecule has 15 heavy (non-hydrogen) atoms. The van der Waals surface area contributed by atoms with Gasteiger partial charge in [0.1, 0.15) is 0 Å². The fourth-order valence-corrected chi connectivity index (χ4v) is 2.86. The normalized spacial score (nSPS) is 26.4.